The molecule has 1 aliphatic rings. The first kappa shape index (κ1) is 15.5. The number of nitrogens with one attached hydrogen (secondary N) is 1. The van der Waals surface area contributed by atoms with E-state index >= 15 is 0 Å². The fourth-order valence-electron chi connectivity index (χ4n) is 3.07. The van der Waals surface area contributed by atoms with Crippen molar-refractivity contribution in [3.8, 4) is 0 Å². The van der Waals surface area contributed by atoms with Crippen molar-refractivity contribution in [2.45, 2.75) is 64.6 Å². The van der Waals surface area contributed by atoms with E-state index in [0.717, 1.165) is 5.56 Å². The molecule has 2 unspecified atom stereocenters. The molecule has 1 aromatic rings. The lowest BCUT2D eigenvalue weighted by molar-refractivity contribution is 0.0979. The van der Waals surface area contributed by atoms with Gasteiger partial charge in [-0.05, 0) is 42.9 Å². The molecule has 2 atom stereocenters. The molecule has 1 aliphatic carbocycles. The van der Waals surface area contributed by atoms with Crippen LogP contribution in [0.4, 0.5) is 4.39 Å². The second-order valence-electron chi connectivity index (χ2n) is 6.37. The maximum atomic E-state index is 13.4. The van der Waals surface area contributed by atoms with E-state index in [2.05, 4.69) is 19.2 Å². The fourth-order valence-corrected chi connectivity index (χ4v) is 3.07. The summed E-state index contributed by atoms with van der Waals surface area (Å²) in [4.78, 5) is 0. The first-order valence-corrected chi connectivity index (χ1v) is 7.69. The molecule has 0 heterocycles. The number of halogens is 1. The van der Waals surface area contributed by atoms with Crippen molar-refractivity contribution in [1.82, 2.24) is 5.32 Å². The number of hydrogen-bond acceptors (Lipinski definition) is 2. The monoisotopic (exact) mass is 279 g/mol. The van der Waals surface area contributed by atoms with Gasteiger partial charge in [-0.1, -0.05) is 38.8 Å². The molecule has 0 aromatic heterocycles. The molecule has 0 radical (unpaired) electrons. The minimum Gasteiger partial charge on any atom is -0.387 e. The molecule has 2 rings (SSSR count). The average molecular weight is 279 g/mol. The Bertz CT molecular complexity index is 441. The van der Waals surface area contributed by atoms with Gasteiger partial charge in [-0.3, -0.25) is 0 Å². The third kappa shape index (κ3) is 3.58. The zero-order valence-electron chi connectivity index (χ0n) is 12.7. The van der Waals surface area contributed by atoms with E-state index in [1.807, 2.05) is 0 Å². The predicted molar refractivity (Wildman–Crippen MR) is 80.1 cm³/mol. The summed E-state index contributed by atoms with van der Waals surface area (Å²) in [7, 11) is 0. The highest BCUT2D eigenvalue weighted by atomic mass is 19.1. The van der Waals surface area contributed by atoms with Gasteiger partial charge in [-0.25, -0.2) is 4.39 Å². The molecule has 1 fully saturated rings. The second-order valence-corrected chi connectivity index (χ2v) is 6.37. The average Bonchev–Trinajstić information content (AvgIpc) is 2.91. The van der Waals surface area contributed by atoms with Gasteiger partial charge < -0.3 is 10.4 Å². The minimum atomic E-state index is -0.588. The van der Waals surface area contributed by atoms with Gasteiger partial charge in [0.05, 0.1) is 6.10 Å². The van der Waals surface area contributed by atoms with E-state index in [-0.39, 0.29) is 11.9 Å². The van der Waals surface area contributed by atoms with Gasteiger partial charge in [0, 0.05) is 12.1 Å². The van der Waals surface area contributed by atoms with Crippen LogP contribution >= 0.6 is 0 Å². The van der Waals surface area contributed by atoms with Crippen molar-refractivity contribution < 1.29 is 9.50 Å². The van der Waals surface area contributed by atoms with Crippen molar-refractivity contribution in [3.63, 3.8) is 0 Å². The van der Waals surface area contributed by atoms with E-state index in [1.165, 1.54) is 31.7 Å². The van der Waals surface area contributed by atoms with Crippen molar-refractivity contribution in [2.24, 2.45) is 5.92 Å². The van der Waals surface area contributed by atoms with Gasteiger partial charge in [0.1, 0.15) is 5.82 Å². The standard InChI is InChI=1S/C17H26FNO/c1-11(2)16(19-14-6-4-5-7-14)17(20)13-8-9-15(18)12(3)10-13/h8-11,14,16-17,19-20H,4-7H2,1-3H3. The van der Waals surface area contributed by atoms with Crippen molar-refractivity contribution >= 4 is 0 Å². The molecule has 0 amide bonds. The Morgan fingerprint density at radius 3 is 2.45 bits per heavy atom. The van der Waals surface area contributed by atoms with Crippen LogP contribution in [0.3, 0.4) is 0 Å². The van der Waals surface area contributed by atoms with Gasteiger partial charge in [-0.15, -0.1) is 0 Å². The largest absolute Gasteiger partial charge is 0.387 e. The number of aliphatic hydroxyl groups is 1. The summed E-state index contributed by atoms with van der Waals surface area (Å²) >= 11 is 0. The first-order valence-electron chi connectivity index (χ1n) is 7.69. The summed E-state index contributed by atoms with van der Waals surface area (Å²) in [5.41, 5.74) is 1.39. The van der Waals surface area contributed by atoms with Crippen molar-refractivity contribution in [3.05, 3.63) is 35.1 Å². The molecule has 0 bridgehead atoms. The maximum absolute atomic E-state index is 13.4. The Morgan fingerprint density at radius 1 is 1.25 bits per heavy atom. The Morgan fingerprint density at radius 2 is 1.90 bits per heavy atom. The molecule has 112 valence electrons. The number of aryl methyl sites for hydroxylation is 1. The number of hydrogen-bond donors (Lipinski definition) is 2. The lowest BCUT2D eigenvalue weighted by Gasteiger charge is -2.31. The van der Waals surface area contributed by atoms with E-state index < -0.39 is 6.10 Å². The molecule has 1 aromatic carbocycles. The zero-order valence-corrected chi connectivity index (χ0v) is 12.7. The molecule has 20 heavy (non-hydrogen) atoms. The highest BCUT2D eigenvalue weighted by Crippen LogP contribution is 2.26. The van der Waals surface area contributed by atoms with Crippen LogP contribution in [-0.2, 0) is 0 Å². The van der Waals surface area contributed by atoms with Gasteiger partial charge in [-0.2, -0.15) is 0 Å². The molecule has 3 heteroatoms. The maximum Gasteiger partial charge on any atom is 0.126 e. The van der Waals surface area contributed by atoms with Crippen molar-refractivity contribution in [2.75, 3.05) is 0 Å². The van der Waals surface area contributed by atoms with E-state index in [1.54, 1.807) is 19.1 Å². The second kappa shape index (κ2) is 6.68. The Hall–Kier alpha value is -0.930. The normalized spacial score (nSPS) is 19.5. The summed E-state index contributed by atoms with van der Waals surface area (Å²) in [6, 6.07) is 5.42. The third-order valence-corrected chi connectivity index (χ3v) is 4.37. The summed E-state index contributed by atoms with van der Waals surface area (Å²) in [6.07, 6.45) is 4.34. The Balaban J connectivity index is 2.12. The molecule has 2 nitrogen and oxygen atoms in total. The molecule has 0 aliphatic heterocycles. The zero-order chi connectivity index (χ0) is 14.7. The molecule has 0 saturated heterocycles. The van der Waals surface area contributed by atoms with E-state index in [4.69, 9.17) is 0 Å². The smallest absolute Gasteiger partial charge is 0.126 e. The first-order chi connectivity index (χ1) is 9.49. The summed E-state index contributed by atoms with van der Waals surface area (Å²) in [5, 5.41) is 14.2. The lowest BCUT2D eigenvalue weighted by atomic mass is 9.91. The van der Waals surface area contributed by atoms with Gasteiger partial charge in [0.25, 0.3) is 0 Å². The summed E-state index contributed by atoms with van der Waals surface area (Å²) < 4.78 is 13.4. The molecular formula is C17H26FNO. The van der Waals surface area contributed by atoms with Crippen LogP contribution in [0.15, 0.2) is 18.2 Å². The van der Waals surface area contributed by atoms with Gasteiger partial charge in [0.15, 0.2) is 0 Å². The number of rotatable bonds is 5. The molecule has 2 N–H and O–H groups in total. The fraction of sp³-hybridized carbons (Fsp3) is 0.647. The summed E-state index contributed by atoms with van der Waals surface area (Å²) in [6.45, 7) is 5.97. The van der Waals surface area contributed by atoms with Crippen LogP contribution in [0, 0.1) is 18.7 Å². The SMILES string of the molecule is Cc1cc(C(O)C(NC2CCCC2)C(C)C)ccc1F. The highest BCUT2D eigenvalue weighted by Gasteiger charge is 2.28. The Labute approximate surface area is 121 Å². The Kier molecular flexibility index (Phi) is 5.17. The number of benzene rings is 1. The topological polar surface area (TPSA) is 32.3 Å². The third-order valence-electron chi connectivity index (χ3n) is 4.37. The molecule has 0 spiro atoms. The minimum absolute atomic E-state index is 0.0166. The number of aliphatic hydroxyl groups excluding tert-OH is 1. The quantitative estimate of drug-likeness (QED) is 0.861. The van der Waals surface area contributed by atoms with Crippen LogP contribution in [0.5, 0.6) is 0 Å². The lowest BCUT2D eigenvalue weighted by Crippen LogP contribution is -2.44. The van der Waals surface area contributed by atoms with Crippen LogP contribution in [0.2, 0.25) is 0 Å². The highest BCUT2D eigenvalue weighted by molar-refractivity contribution is 5.26. The predicted octanol–water partition coefficient (Wildman–Crippen LogP) is 3.72. The van der Waals surface area contributed by atoms with Crippen LogP contribution in [0.1, 0.15) is 56.8 Å². The summed E-state index contributed by atoms with van der Waals surface area (Å²) in [5.74, 6) is 0.113. The van der Waals surface area contributed by atoms with Crippen LogP contribution in [-0.4, -0.2) is 17.2 Å². The van der Waals surface area contributed by atoms with E-state index in [0.29, 0.717) is 17.5 Å². The van der Waals surface area contributed by atoms with Gasteiger partial charge >= 0.3 is 0 Å². The van der Waals surface area contributed by atoms with Gasteiger partial charge in [0.2, 0.25) is 0 Å². The van der Waals surface area contributed by atoms with Crippen LogP contribution in [0.25, 0.3) is 0 Å². The van der Waals surface area contributed by atoms with E-state index in [9.17, 15) is 9.50 Å². The molecular weight excluding hydrogens is 253 g/mol. The van der Waals surface area contributed by atoms with Crippen LogP contribution < -0.4 is 5.32 Å². The van der Waals surface area contributed by atoms with Crippen molar-refractivity contribution in [1.29, 1.82) is 0 Å². The molecule has 1 saturated carbocycles.